The van der Waals surface area contributed by atoms with Gasteiger partial charge in [0.25, 0.3) is 0 Å². The first kappa shape index (κ1) is 9.72. The van der Waals surface area contributed by atoms with E-state index < -0.39 is 11.9 Å². The maximum atomic E-state index is 12.1. The Morgan fingerprint density at radius 3 is 2.62 bits per heavy atom. The third-order valence-corrected chi connectivity index (χ3v) is 1.18. The minimum absolute atomic E-state index is 0.114. The summed E-state index contributed by atoms with van der Waals surface area (Å²) in [5.74, 6) is -0.114. The summed E-state index contributed by atoms with van der Waals surface area (Å²) in [6.07, 6.45) is -3.40. The summed E-state index contributed by atoms with van der Waals surface area (Å²) in [6, 6.07) is 0.806. The minimum atomic E-state index is -4.44. The van der Waals surface area contributed by atoms with Crippen LogP contribution in [-0.4, -0.2) is 17.0 Å². The molecule has 0 saturated carbocycles. The Balaban J connectivity index is 2.92. The highest BCUT2D eigenvalue weighted by molar-refractivity contribution is 5.24. The zero-order valence-corrected chi connectivity index (χ0v) is 6.68. The van der Waals surface area contributed by atoms with Gasteiger partial charge in [-0.05, 0) is 6.07 Å². The lowest BCUT2D eigenvalue weighted by Gasteiger charge is -2.06. The van der Waals surface area contributed by atoms with Crippen LogP contribution in [0.2, 0.25) is 0 Å². The molecule has 0 bridgehead atoms. The Kier molecular flexibility index (Phi) is 2.66. The number of nitrogens with zero attached hydrogens (tertiary/aromatic N) is 2. The van der Waals surface area contributed by atoms with Crippen LogP contribution in [-0.2, 0) is 6.18 Å². The van der Waals surface area contributed by atoms with Gasteiger partial charge in [0, 0.05) is 13.2 Å². The molecule has 0 radical (unpaired) electrons. The number of hydrogen-bond acceptors (Lipinski definition) is 4. The van der Waals surface area contributed by atoms with Crippen molar-refractivity contribution in [3.05, 3.63) is 18.0 Å². The Morgan fingerprint density at radius 2 is 2.08 bits per heavy atom. The second-order valence-corrected chi connectivity index (χ2v) is 2.14. The van der Waals surface area contributed by atoms with Crippen LogP contribution in [0.25, 0.3) is 0 Å². The van der Waals surface area contributed by atoms with Crippen molar-refractivity contribution >= 4 is 5.95 Å². The number of rotatable bonds is 2. The van der Waals surface area contributed by atoms with E-state index in [0.29, 0.717) is 0 Å². The Labute approximate surface area is 72.2 Å². The molecule has 0 aromatic carbocycles. The Bertz CT molecular complexity index is 285. The fourth-order valence-corrected chi connectivity index (χ4v) is 0.689. The first-order valence-corrected chi connectivity index (χ1v) is 3.37. The molecule has 0 aliphatic heterocycles. The van der Waals surface area contributed by atoms with Gasteiger partial charge >= 0.3 is 6.18 Å². The average molecular weight is 192 g/mol. The minimum Gasteiger partial charge on any atom is -0.290 e. The van der Waals surface area contributed by atoms with Crippen LogP contribution in [0.5, 0.6) is 0 Å². The summed E-state index contributed by atoms with van der Waals surface area (Å²) in [4.78, 5) is 6.78. The van der Waals surface area contributed by atoms with Gasteiger partial charge in [0.05, 0.1) is 0 Å². The van der Waals surface area contributed by atoms with Crippen LogP contribution >= 0.6 is 0 Å². The van der Waals surface area contributed by atoms with Crippen molar-refractivity contribution in [3.8, 4) is 0 Å². The molecule has 0 amide bonds. The van der Waals surface area contributed by atoms with Gasteiger partial charge in [0.2, 0.25) is 5.95 Å². The molecule has 0 fully saturated rings. The number of anilines is 1. The van der Waals surface area contributed by atoms with Crippen LogP contribution in [0, 0.1) is 0 Å². The van der Waals surface area contributed by atoms with E-state index in [-0.39, 0.29) is 5.95 Å². The van der Waals surface area contributed by atoms with Crippen LogP contribution in [0.3, 0.4) is 0 Å². The highest BCUT2D eigenvalue weighted by atomic mass is 19.4. The molecule has 1 rings (SSSR count). The molecule has 0 aliphatic rings. The molecule has 7 heteroatoms. The monoisotopic (exact) mass is 192 g/mol. The van der Waals surface area contributed by atoms with Gasteiger partial charge in [0.15, 0.2) is 0 Å². The molecule has 0 atom stereocenters. The highest BCUT2D eigenvalue weighted by Crippen LogP contribution is 2.27. The van der Waals surface area contributed by atoms with E-state index in [0.717, 1.165) is 12.3 Å². The third-order valence-electron chi connectivity index (χ3n) is 1.18. The van der Waals surface area contributed by atoms with Crippen molar-refractivity contribution in [2.45, 2.75) is 6.18 Å². The molecule has 0 unspecified atom stereocenters. The van der Waals surface area contributed by atoms with E-state index in [1.807, 2.05) is 0 Å². The Morgan fingerprint density at radius 1 is 1.38 bits per heavy atom. The maximum absolute atomic E-state index is 12.1. The van der Waals surface area contributed by atoms with Crippen molar-refractivity contribution in [1.82, 2.24) is 15.4 Å². The summed E-state index contributed by atoms with van der Waals surface area (Å²) >= 11 is 0. The molecule has 2 N–H and O–H groups in total. The van der Waals surface area contributed by atoms with Gasteiger partial charge in [-0.15, -0.1) is 0 Å². The molecule has 1 aromatic heterocycles. The molecular weight excluding hydrogens is 185 g/mol. The summed E-state index contributed by atoms with van der Waals surface area (Å²) in [7, 11) is 1.50. The molecule has 13 heavy (non-hydrogen) atoms. The number of hydrogen-bond donors (Lipinski definition) is 2. The van der Waals surface area contributed by atoms with Gasteiger partial charge in [-0.2, -0.15) is 13.2 Å². The third kappa shape index (κ3) is 2.55. The first-order valence-electron chi connectivity index (χ1n) is 3.37. The zero-order valence-electron chi connectivity index (χ0n) is 6.68. The largest absolute Gasteiger partial charge is 0.433 e. The van der Waals surface area contributed by atoms with Crippen LogP contribution < -0.4 is 10.9 Å². The summed E-state index contributed by atoms with van der Waals surface area (Å²) < 4.78 is 36.2. The predicted molar refractivity (Wildman–Crippen MR) is 39.7 cm³/mol. The van der Waals surface area contributed by atoms with Gasteiger partial charge in [-0.25, -0.2) is 15.4 Å². The molecule has 0 spiro atoms. The van der Waals surface area contributed by atoms with Gasteiger partial charge in [-0.3, -0.25) is 5.43 Å². The van der Waals surface area contributed by atoms with Crippen LogP contribution in [0.4, 0.5) is 19.1 Å². The van der Waals surface area contributed by atoms with E-state index in [9.17, 15) is 13.2 Å². The maximum Gasteiger partial charge on any atom is 0.433 e. The lowest BCUT2D eigenvalue weighted by Crippen LogP contribution is -2.19. The van der Waals surface area contributed by atoms with Gasteiger partial charge in [-0.1, -0.05) is 0 Å². The predicted octanol–water partition coefficient (Wildman–Crippen LogP) is 1.04. The SMILES string of the molecule is CNNc1nccc(C(F)(F)F)n1. The van der Waals surface area contributed by atoms with Crippen molar-refractivity contribution in [1.29, 1.82) is 0 Å². The second-order valence-electron chi connectivity index (χ2n) is 2.14. The molecule has 0 aliphatic carbocycles. The fourth-order valence-electron chi connectivity index (χ4n) is 0.689. The lowest BCUT2D eigenvalue weighted by molar-refractivity contribution is -0.141. The van der Waals surface area contributed by atoms with Crippen LogP contribution in [0.15, 0.2) is 12.3 Å². The second kappa shape index (κ2) is 3.56. The van der Waals surface area contributed by atoms with Crippen molar-refractivity contribution in [2.24, 2.45) is 0 Å². The number of nitrogens with one attached hydrogen (secondary N) is 2. The highest BCUT2D eigenvalue weighted by Gasteiger charge is 2.32. The van der Waals surface area contributed by atoms with E-state index in [1.54, 1.807) is 0 Å². The fraction of sp³-hybridized carbons (Fsp3) is 0.333. The first-order chi connectivity index (χ1) is 6.04. The van der Waals surface area contributed by atoms with Crippen LogP contribution in [0.1, 0.15) is 5.69 Å². The number of hydrazine groups is 1. The molecule has 1 aromatic rings. The molecule has 4 nitrogen and oxygen atoms in total. The van der Waals surface area contributed by atoms with Crippen molar-refractivity contribution in [2.75, 3.05) is 12.5 Å². The van der Waals surface area contributed by atoms with Gasteiger partial charge < -0.3 is 0 Å². The normalized spacial score (nSPS) is 11.4. The number of halogens is 3. The smallest absolute Gasteiger partial charge is 0.290 e. The van der Waals surface area contributed by atoms with E-state index in [2.05, 4.69) is 20.8 Å². The zero-order chi connectivity index (χ0) is 9.90. The van der Waals surface area contributed by atoms with Gasteiger partial charge in [0.1, 0.15) is 5.69 Å². The number of alkyl halides is 3. The Hall–Kier alpha value is -1.37. The van der Waals surface area contributed by atoms with E-state index in [4.69, 9.17) is 0 Å². The quantitative estimate of drug-likeness (QED) is 0.687. The molecule has 72 valence electrons. The lowest BCUT2D eigenvalue weighted by atomic mass is 10.4. The average Bonchev–Trinajstić information content (AvgIpc) is 2.04. The summed E-state index contributed by atoms with van der Waals surface area (Å²) in [5.41, 5.74) is 3.80. The topological polar surface area (TPSA) is 49.8 Å². The molecule has 0 saturated heterocycles. The van der Waals surface area contributed by atoms with E-state index >= 15 is 0 Å². The van der Waals surface area contributed by atoms with E-state index in [1.165, 1.54) is 7.05 Å². The number of aromatic nitrogens is 2. The standard InChI is InChI=1S/C6H7F3N4/c1-10-13-5-11-3-2-4(12-5)6(7,8)9/h2-3,10H,1H3,(H,11,12,13). The molecular formula is C6H7F3N4. The summed E-state index contributed by atoms with van der Waals surface area (Å²) in [6.45, 7) is 0. The van der Waals surface area contributed by atoms with Crippen molar-refractivity contribution in [3.63, 3.8) is 0 Å². The summed E-state index contributed by atoms with van der Waals surface area (Å²) in [5, 5.41) is 0. The molecule has 1 heterocycles. The van der Waals surface area contributed by atoms with Crippen molar-refractivity contribution < 1.29 is 13.2 Å².